The van der Waals surface area contributed by atoms with E-state index in [9.17, 15) is 4.79 Å². The van der Waals surface area contributed by atoms with Gasteiger partial charge < -0.3 is 5.11 Å². The number of hydrogen-bond acceptors (Lipinski definition) is 3. The second-order valence-electron chi connectivity index (χ2n) is 4.01. The van der Waals surface area contributed by atoms with Gasteiger partial charge in [-0.3, -0.25) is 5.10 Å². The maximum atomic E-state index is 10.8. The third kappa shape index (κ3) is 3.48. The molecule has 98 valence electrons. The van der Waals surface area contributed by atoms with Crippen LogP contribution in [-0.4, -0.2) is 27.0 Å². The number of nitrogens with one attached hydrogen (secondary N) is 1. The van der Waals surface area contributed by atoms with Gasteiger partial charge in [0.15, 0.2) is 0 Å². The summed E-state index contributed by atoms with van der Waals surface area (Å²) in [4.78, 5) is 10.8. The second-order valence-corrected chi connectivity index (χ2v) is 4.46. The Morgan fingerprint density at radius 2 is 2.11 bits per heavy atom. The van der Waals surface area contributed by atoms with Crippen LogP contribution in [0.1, 0.15) is 22.5 Å². The summed E-state index contributed by atoms with van der Waals surface area (Å²) < 4.78 is 0. The van der Waals surface area contributed by atoms with E-state index in [1.165, 1.54) is 6.07 Å². The quantitative estimate of drug-likeness (QED) is 0.734. The molecule has 5 heteroatoms. The lowest BCUT2D eigenvalue weighted by atomic mass is 10.1. The monoisotopic (exact) mass is 274 g/mol. The topological polar surface area (TPSA) is 66.0 Å². The molecule has 1 heterocycles. The molecule has 0 atom stereocenters. The summed E-state index contributed by atoms with van der Waals surface area (Å²) >= 11 is 4.14. The molecule has 0 saturated heterocycles. The lowest BCUT2D eigenvalue weighted by Gasteiger charge is -1.97. The zero-order valence-corrected chi connectivity index (χ0v) is 11.1. The molecular weight excluding hydrogens is 260 g/mol. The molecule has 0 saturated carbocycles. The van der Waals surface area contributed by atoms with E-state index in [1.54, 1.807) is 0 Å². The Balaban J connectivity index is 2.15. The standard InChI is InChI=1S/C14H14N2O2S/c17-14(18)13-9-12(15-16-13)11-6-4-10(5-7-11)3-1-2-8-19/h1,3-7,9,19H,2,8H2,(H,15,16)(H,17,18). The fourth-order valence-corrected chi connectivity index (χ4v) is 1.79. The van der Waals surface area contributed by atoms with Crippen LogP contribution in [0.2, 0.25) is 0 Å². The van der Waals surface area contributed by atoms with Gasteiger partial charge in [-0.15, -0.1) is 0 Å². The number of rotatable bonds is 5. The molecule has 2 aromatic rings. The van der Waals surface area contributed by atoms with Gasteiger partial charge >= 0.3 is 5.97 Å². The van der Waals surface area contributed by atoms with Crippen molar-refractivity contribution in [2.24, 2.45) is 0 Å². The van der Waals surface area contributed by atoms with Crippen molar-refractivity contribution in [3.05, 3.63) is 47.7 Å². The van der Waals surface area contributed by atoms with E-state index in [-0.39, 0.29) is 5.69 Å². The van der Waals surface area contributed by atoms with E-state index in [4.69, 9.17) is 5.11 Å². The SMILES string of the molecule is O=C(O)c1cc(-c2ccc(C=CCCS)cc2)n[nH]1. The van der Waals surface area contributed by atoms with Gasteiger partial charge in [0.05, 0.1) is 5.69 Å². The Labute approximate surface area is 116 Å². The first-order valence-corrected chi connectivity index (χ1v) is 6.50. The lowest BCUT2D eigenvalue weighted by molar-refractivity contribution is 0.0690. The summed E-state index contributed by atoms with van der Waals surface area (Å²) in [6.07, 6.45) is 5.04. The van der Waals surface area contributed by atoms with Crippen molar-refractivity contribution in [1.82, 2.24) is 10.2 Å². The Morgan fingerprint density at radius 3 is 2.68 bits per heavy atom. The third-order valence-corrected chi connectivity index (χ3v) is 2.88. The number of allylic oxidation sites excluding steroid dienone is 1. The molecule has 2 rings (SSSR count). The van der Waals surface area contributed by atoms with Crippen molar-refractivity contribution in [2.75, 3.05) is 5.75 Å². The van der Waals surface area contributed by atoms with Crippen LogP contribution in [0.5, 0.6) is 0 Å². The van der Waals surface area contributed by atoms with Crippen LogP contribution in [0.3, 0.4) is 0 Å². The summed E-state index contributed by atoms with van der Waals surface area (Å²) in [6, 6.07) is 9.30. The number of nitrogens with zero attached hydrogens (tertiary/aromatic N) is 1. The van der Waals surface area contributed by atoms with Gasteiger partial charge in [0.25, 0.3) is 0 Å². The predicted octanol–water partition coefficient (Wildman–Crippen LogP) is 3.11. The highest BCUT2D eigenvalue weighted by Gasteiger charge is 2.08. The molecule has 0 bridgehead atoms. The lowest BCUT2D eigenvalue weighted by Crippen LogP contribution is -1.95. The number of hydrogen-bond donors (Lipinski definition) is 3. The number of benzene rings is 1. The molecule has 0 aliphatic heterocycles. The van der Waals surface area contributed by atoms with Crippen LogP contribution in [0.25, 0.3) is 17.3 Å². The molecule has 0 aliphatic carbocycles. The molecule has 0 spiro atoms. The zero-order chi connectivity index (χ0) is 13.7. The molecule has 1 aromatic heterocycles. The molecular formula is C14H14N2O2S. The van der Waals surface area contributed by atoms with Crippen LogP contribution in [0, 0.1) is 0 Å². The average molecular weight is 274 g/mol. The fourth-order valence-electron chi connectivity index (χ4n) is 1.64. The van der Waals surface area contributed by atoms with Crippen LogP contribution < -0.4 is 0 Å². The number of thiol groups is 1. The van der Waals surface area contributed by atoms with E-state index in [2.05, 4.69) is 28.9 Å². The number of aromatic carboxylic acids is 1. The smallest absolute Gasteiger partial charge is 0.353 e. The molecule has 4 nitrogen and oxygen atoms in total. The van der Waals surface area contributed by atoms with Crippen LogP contribution in [0.15, 0.2) is 36.4 Å². The van der Waals surface area contributed by atoms with Gasteiger partial charge in [-0.05, 0) is 23.8 Å². The molecule has 0 radical (unpaired) electrons. The zero-order valence-electron chi connectivity index (χ0n) is 10.2. The van der Waals surface area contributed by atoms with Crippen molar-refractivity contribution in [3.63, 3.8) is 0 Å². The fraction of sp³-hybridized carbons (Fsp3) is 0.143. The highest BCUT2D eigenvalue weighted by atomic mass is 32.1. The summed E-state index contributed by atoms with van der Waals surface area (Å²) in [5, 5.41) is 15.3. The number of carboxylic acid groups (broad SMARTS) is 1. The van der Waals surface area contributed by atoms with E-state index in [0.717, 1.165) is 23.3 Å². The van der Waals surface area contributed by atoms with Gasteiger partial charge in [0.1, 0.15) is 5.69 Å². The second kappa shape index (κ2) is 6.24. The predicted molar refractivity (Wildman–Crippen MR) is 78.5 cm³/mol. The third-order valence-electron chi connectivity index (χ3n) is 2.62. The minimum Gasteiger partial charge on any atom is -0.477 e. The Hall–Kier alpha value is -2.01. The first-order chi connectivity index (χ1) is 9.20. The molecule has 0 amide bonds. The van der Waals surface area contributed by atoms with E-state index >= 15 is 0 Å². The number of carbonyl (C=O) groups is 1. The van der Waals surface area contributed by atoms with Gasteiger partial charge in [0, 0.05) is 5.56 Å². The Kier molecular flexibility index (Phi) is 4.41. The van der Waals surface area contributed by atoms with E-state index in [1.807, 2.05) is 30.3 Å². The highest BCUT2D eigenvalue weighted by molar-refractivity contribution is 7.80. The van der Waals surface area contributed by atoms with E-state index < -0.39 is 5.97 Å². The van der Waals surface area contributed by atoms with Crippen LogP contribution in [0.4, 0.5) is 0 Å². The van der Waals surface area contributed by atoms with Crippen molar-refractivity contribution < 1.29 is 9.90 Å². The normalized spacial score (nSPS) is 11.0. The van der Waals surface area contributed by atoms with Gasteiger partial charge in [-0.25, -0.2) is 4.79 Å². The van der Waals surface area contributed by atoms with Gasteiger partial charge in [-0.2, -0.15) is 17.7 Å². The molecule has 0 fully saturated rings. The summed E-state index contributed by atoms with van der Waals surface area (Å²) in [7, 11) is 0. The highest BCUT2D eigenvalue weighted by Crippen LogP contribution is 2.19. The average Bonchev–Trinajstić information content (AvgIpc) is 2.90. The molecule has 0 aliphatic rings. The van der Waals surface area contributed by atoms with Crippen molar-refractivity contribution in [2.45, 2.75) is 6.42 Å². The minimum absolute atomic E-state index is 0.0905. The molecule has 19 heavy (non-hydrogen) atoms. The van der Waals surface area contributed by atoms with Crippen molar-refractivity contribution >= 4 is 24.7 Å². The molecule has 1 aromatic carbocycles. The molecule has 0 unspecified atom stereocenters. The first kappa shape index (κ1) is 13.4. The molecule has 2 N–H and O–H groups in total. The summed E-state index contributed by atoms with van der Waals surface area (Å²) in [5.41, 5.74) is 2.70. The number of H-pyrrole nitrogens is 1. The maximum absolute atomic E-state index is 10.8. The van der Waals surface area contributed by atoms with Crippen LogP contribution in [-0.2, 0) is 0 Å². The Morgan fingerprint density at radius 1 is 1.37 bits per heavy atom. The largest absolute Gasteiger partial charge is 0.477 e. The first-order valence-electron chi connectivity index (χ1n) is 5.87. The Bertz CT molecular complexity index is 588. The minimum atomic E-state index is -1.01. The number of carboxylic acids is 1. The number of aromatic amines is 1. The number of aromatic nitrogens is 2. The van der Waals surface area contributed by atoms with Gasteiger partial charge in [-0.1, -0.05) is 36.4 Å². The van der Waals surface area contributed by atoms with Crippen molar-refractivity contribution in [3.8, 4) is 11.3 Å². The van der Waals surface area contributed by atoms with Crippen LogP contribution >= 0.6 is 12.6 Å². The van der Waals surface area contributed by atoms with Gasteiger partial charge in [0.2, 0.25) is 0 Å². The summed E-state index contributed by atoms with van der Waals surface area (Å²) in [5.74, 6) is -0.176. The van der Waals surface area contributed by atoms with E-state index in [0.29, 0.717) is 5.69 Å². The maximum Gasteiger partial charge on any atom is 0.353 e. The van der Waals surface area contributed by atoms with Crippen molar-refractivity contribution in [1.29, 1.82) is 0 Å². The summed E-state index contributed by atoms with van der Waals surface area (Å²) in [6.45, 7) is 0.